The van der Waals surface area contributed by atoms with Crippen molar-refractivity contribution >= 4 is 15.9 Å². The van der Waals surface area contributed by atoms with Crippen molar-refractivity contribution in [1.82, 2.24) is 4.90 Å². The second kappa shape index (κ2) is 9.64. The van der Waals surface area contributed by atoms with Gasteiger partial charge in [-0.25, -0.2) is 0 Å². The molecular formula is C20H30BrN3O. The summed E-state index contributed by atoms with van der Waals surface area (Å²) in [7, 11) is 2.12. The molecule has 25 heavy (non-hydrogen) atoms. The van der Waals surface area contributed by atoms with Crippen LogP contribution in [0.1, 0.15) is 25.3 Å². The van der Waals surface area contributed by atoms with Crippen LogP contribution in [0.2, 0.25) is 0 Å². The number of halogens is 1. The van der Waals surface area contributed by atoms with E-state index >= 15 is 0 Å². The number of nitrogens with two attached hydrogens (primary N) is 2. The second-order valence-electron chi connectivity index (χ2n) is 6.90. The van der Waals surface area contributed by atoms with Crippen LogP contribution >= 0.6 is 15.9 Å². The Morgan fingerprint density at radius 3 is 2.68 bits per heavy atom. The molecule has 1 aliphatic rings. The van der Waals surface area contributed by atoms with Crippen molar-refractivity contribution in [2.45, 2.75) is 38.0 Å². The summed E-state index contributed by atoms with van der Waals surface area (Å²) in [4.78, 5) is 2.28. The molecule has 0 aliphatic heterocycles. The van der Waals surface area contributed by atoms with Gasteiger partial charge in [-0.15, -0.1) is 0 Å². The number of rotatable bonds is 9. The molecule has 4 N–H and O–H groups in total. The number of ether oxygens (including phenoxy) is 1. The molecule has 1 aliphatic carbocycles. The summed E-state index contributed by atoms with van der Waals surface area (Å²) >= 11 is 3.52. The molecule has 0 radical (unpaired) electrons. The monoisotopic (exact) mass is 407 g/mol. The van der Waals surface area contributed by atoms with Gasteiger partial charge in [0.25, 0.3) is 0 Å². The molecule has 0 heterocycles. The maximum atomic E-state index is 6.52. The van der Waals surface area contributed by atoms with E-state index in [-0.39, 0.29) is 6.04 Å². The lowest BCUT2D eigenvalue weighted by Crippen LogP contribution is -2.55. The topological polar surface area (TPSA) is 64.5 Å². The molecule has 0 amide bonds. The van der Waals surface area contributed by atoms with Crippen LogP contribution in [-0.4, -0.2) is 43.2 Å². The lowest BCUT2D eigenvalue weighted by Gasteiger charge is -2.36. The number of likely N-dealkylation sites (N-methyl/N-ethyl adjacent to an activating group) is 1. The molecule has 0 saturated heterocycles. The number of allylic oxidation sites excluding steroid dienone is 2. The molecule has 2 rings (SSSR count). The molecule has 5 heteroatoms. The molecular weight excluding hydrogens is 378 g/mol. The van der Waals surface area contributed by atoms with Gasteiger partial charge < -0.3 is 21.1 Å². The van der Waals surface area contributed by atoms with Crippen LogP contribution in [0.5, 0.6) is 0 Å². The Labute approximate surface area is 160 Å². The number of benzene rings is 1. The summed E-state index contributed by atoms with van der Waals surface area (Å²) < 4.78 is 6.79. The van der Waals surface area contributed by atoms with Gasteiger partial charge in [0.2, 0.25) is 0 Å². The summed E-state index contributed by atoms with van der Waals surface area (Å²) in [6.45, 7) is 5.33. The van der Waals surface area contributed by atoms with Crippen LogP contribution in [0.25, 0.3) is 0 Å². The third kappa shape index (κ3) is 6.04. The lowest BCUT2D eigenvalue weighted by molar-refractivity contribution is 0.0988. The van der Waals surface area contributed by atoms with Crippen LogP contribution in [0.15, 0.2) is 52.5 Å². The summed E-state index contributed by atoms with van der Waals surface area (Å²) in [5.74, 6) is 0. The maximum Gasteiger partial charge on any atom is 0.0717 e. The predicted octanol–water partition coefficient (Wildman–Crippen LogP) is 3.18. The van der Waals surface area contributed by atoms with E-state index in [1.165, 1.54) is 5.56 Å². The van der Waals surface area contributed by atoms with Crippen molar-refractivity contribution in [2.75, 3.05) is 26.7 Å². The minimum atomic E-state index is -0.452. The molecule has 4 nitrogen and oxygen atoms in total. The number of hydrogen-bond acceptors (Lipinski definition) is 4. The number of hydrogen-bond donors (Lipinski definition) is 2. The Kier molecular flexibility index (Phi) is 7.84. The third-order valence-electron chi connectivity index (χ3n) is 4.84. The Balaban J connectivity index is 1.64. The van der Waals surface area contributed by atoms with Gasteiger partial charge in [-0.05, 0) is 44.5 Å². The first kappa shape index (κ1) is 20.3. The molecule has 2 unspecified atom stereocenters. The molecule has 0 fully saturated rings. The van der Waals surface area contributed by atoms with E-state index in [2.05, 4.69) is 40.0 Å². The highest BCUT2D eigenvalue weighted by molar-refractivity contribution is 9.11. The second-order valence-corrected chi connectivity index (χ2v) is 7.75. The van der Waals surface area contributed by atoms with Crippen molar-refractivity contribution < 1.29 is 4.74 Å². The molecule has 1 aromatic rings. The fraction of sp³-hybridized carbons (Fsp3) is 0.500. The van der Waals surface area contributed by atoms with Gasteiger partial charge >= 0.3 is 0 Å². The van der Waals surface area contributed by atoms with Crippen LogP contribution in [0.3, 0.4) is 0 Å². The normalized spacial score (nSPS) is 23.5. The van der Waals surface area contributed by atoms with E-state index in [0.717, 1.165) is 42.6 Å². The molecule has 0 aromatic heterocycles. The standard InChI is InChI=1S/C20H30BrN3O/c1-16-18(21)9-11-20(23,19(16)22)10-6-12-24(2)13-14-25-15-17-7-4-3-5-8-17/h3-5,7-9,11,19H,6,10,12-15,22-23H2,1-2H3. The van der Waals surface area contributed by atoms with Crippen LogP contribution in [-0.2, 0) is 11.3 Å². The number of nitrogens with zero attached hydrogens (tertiary/aromatic N) is 1. The minimum Gasteiger partial charge on any atom is -0.375 e. The van der Waals surface area contributed by atoms with Gasteiger partial charge in [0.05, 0.1) is 18.8 Å². The zero-order valence-electron chi connectivity index (χ0n) is 15.2. The lowest BCUT2D eigenvalue weighted by atomic mass is 9.80. The molecule has 1 aromatic carbocycles. The third-order valence-corrected chi connectivity index (χ3v) is 5.73. The molecule has 2 atom stereocenters. The Bertz CT molecular complexity index is 602. The van der Waals surface area contributed by atoms with Crippen molar-refractivity contribution in [3.8, 4) is 0 Å². The van der Waals surface area contributed by atoms with E-state index in [9.17, 15) is 0 Å². The average Bonchev–Trinajstić information content (AvgIpc) is 2.62. The van der Waals surface area contributed by atoms with Gasteiger partial charge in [-0.3, -0.25) is 0 Å². The van der Waals surface area contributed by atoms with Gasteiger partial charge in [0, 0.05) is 17.1 Å². The highest BCUT2D eigenvalue weighted by atomic mass is 79.9. The largest absolute Gasteiger partial charge is 0.375 e. The Morgan fingerprint density at radius 1 is 1.24 bits per heavy atom. The zero-order chi connectivity index (χ0) is 18.3. The van der Waals surface area contributed by atoms with Crippen molar-refractivity contribution in [3.63, 3.8) is 0 Å². The molecule has 0 spiro atoms. The van der Waals surface area contributed by atoms with E-state index in [4.69, 9.17) is 16.2 Å². The SMILES string of the molecule is CC1=C(Br)C=CC(N)(CCCN(C)CCOCc2ccccc2)C1N. The minimum absolute atomic E-state index is 0.133. The molecule has 0 saturated carbocycles. The predicted molar refractivity (Wildman–Crippen MR) is 108 cm³/mol. The van der Waals surface area contributed by atoms with Crippen molar-refractivity contribution in [3.05, 3.63) is 58.1 Å². The fourth-order valence-electron chi connectivity index (χ4n) is 3.01. The van der Waals surface area contributed by atoms with Crippen LogP contribution < -0.4 is 11.5 Å². The summed E-state index contributed by atoms with van der Waals surface area (Å²) in [6, 6.07) is 10.1. The quantitative estimate of drug-likeness (QED) is 0.616. The smallest absolute Gasteiger partial charge is 0.0717 e. The van der Waals surface area contributed by atoms with Crippen molar-refractivity contribution in [2.24, 2.45) is 11.5 Å². The maximum absolute atomic E-state index is 6.52. The van der Waals surface area contributed by atoms with Crippen LogP contribution in [0.4, 0.5) is 0 Å². The van der Waals surface area contributed by atoms with E-state index in [1.807, 2.05) is 37.3 Å². The first-order valence-electron chi connectivity index (χ1n) is 8.82. The Hall–Kier alpha value is -0.980. The van der Waals surface area contributed by atoms with Crippen molar-refractivity contribution in [1.29, 1.82) is 0 Å². The zero-order valence-corrected chi connectivity index (χ0v) is 16.8. The van der Waals surface area contributed by atoms with Crippen LogP contribution in [0, 0.1) is 0 Å². The average molecular weight is 408 g/mol. The molecule has 0 bridgehead atoms. The first-order valence-corrected chi connectivity index (χ1v) is 9.62. The summed E-state index contributed by atoms with van der Waals surface area (Å²) in [6.07, 6.45) is 5.95. The van der Waals surface area contributed by atoms with Gasteiger partial charge in [0.1, 0.15) is 0 Å². The summed E-state index contributed by atoms with van der Waals surface area (Å²) in [5.41, 5.74) is 14.7. The van der Waals surface area contributed by atoms with E-state index in [0.29, 0.717) is 6.61 Å². The van der Waals surface area contributed by atoms with E-state index < -0.39 is 5.54 Å². The highest BCUT2D eigenvalue weighted by Gasteiger charge is 2.33. The van der Waals surface area contributed by atoms with Gasteiger partial charge in [-0.2, -0.15) is 0 Å². The molecule has 138 valence electrons. The summed E-state index contributed by atoms with van der Waals surface area (Å²) in [5, 5.41) is 0. The van der Waals surface area contributed by atoms with E-state index in [1.54, 1.807) is 0 Å². The Morgan fingerprint density at radius 2 is 1.96 bits per heavy atom. The fourth-order valence-corrected chi connectivity index (χ4v) is 3.38. The van der Waals surface area contributed by atoms with Gasteiger partial charge in [-0.1, -0.05) is 58.4 Å². The van der Waals surface area contributed by atoms with Gasteiger partial charge in [0.15, 0.2) is 0 Å². The highest BCUT2D eigenvalue weighted by Crippen LogP contribution is 2.30. The first-order chi connectivity index (χ1) is 11.9.